The maximum Gasteiger partial charge on any atom is 0.314 e. The van der Waals surface area contributed by atoms with Crippen LogP contribution < -0.4 is 15.4 Å². The van der Waals surface area contributed by atoms with Crippen LogP contribution in [-0.2, 0) is 6.42 Å². The molecular weight excluding hydrogens is 319 g/mol. The van der Waals surface area contributed by atoms with Crippen LogP contribution in [0.1, 0.15) is 30.9 Å². The van der Waals surface area contributed by atoms with E-state index in [4.69, 9.17) is 4.74 Å². The van der Waals surface area contributed by atoms with Gasteiger partial charge in [-0.05, 0) is 35.6 Å². The van der Waals surface area contributed by atoms with E-state index < -0.39 is 0 Å². The van der Waals surface area contributed by atoms with E-state index in [9.17, 15) is 9.18 Å². The van der Waals surface area contributed by atoms with Gasteiger partial charge in [0, 0.05) is 6.54 Å². The molecule has 0 aliphatic heterocycles. The smallest absolute Gasteiger partial charge is 0.314 e. The van der Waals surface area contributed by atoms with Crippen molar-refractivity contribution in [2.24, 2.45) is 0 Å². The molecule has 0 fully saturated rings. The van der Waals surface area contributed by atoms with E-state index in [1.807, 2.05) is 24.3 Å². The van der Waals surface area contributed by atoms with Gasteiger partial charge >= 0.3 is 6.03 Å². The summed E-state index contributed by atoms with van der Waals surface area (Å²) in [6, 6.07) is 14.2. The van der Waals surface area contributed by atoms with E-state index in [1.165, 1.54) is 6.07 Å². The minimum absolute atomic E-state index is 0.248. The molecule has 0 aliphatic rings. The Labute approximate surface area is 148 Å². The van der Waals surface area contributed by atoms with E-state index in [-0.39, 0.29) is 11.8 Å². The molecule has 2 N–H and O–H groups in total. The summed E-state index contributed by atoms with van der Waals surface area (Å²) in [4.78, 5) is 11.7. The Morgan fingerprint density at radius 1 is 1.04 bits per heavy atom. The van der Waals surface area contributed by atoms with Crippen molar-refractivity contribution >= 4 is 6.03 Å². The van der Waals surface area contributed by atoms with Crippen LogP contribution in [-0.4, -0.2) is 25.7 Å². The van der Waals surface area contributed by atoms with Gasteiger partial charge in [0.2, 0.25) is 0 Å². The summed E-state index contributed by atoms with van der Waals surface area (Å²) in [6.45, 7) is 5.40. The van der Waals surface area contributed by atoms with Gasteiger partial charge in [-0.15, -0.1) is 0 Å². The summed E-state index contributed by atoms with van der Waals surface area (Å²) in [7, 11) is 0. The highest BCUT2D eigenvalue weighted by atomic mass is 19.1. The summed E-state index contributed by atoms with van der Waals surface area (Å²) in [5, 5.41) is 5.45. The summed E-state index contributed by atoms with van der Waals surface area (Å²) < 4.78 is 19.2. The molecule has 0 saturated heterocycles. The topological polar surface area (TPSA) is 50.4 Å². The first-order chi connectivity index (χ1) is 12.1. The molecule has 0 heterocycles. The average Bonchev–Trinajstić information content (AvgIpc) is 2.60. The van der Waals surface area contributed by atoms with Crippen molar-refractivity contribution in [1.82, 2.24) is 10.6 Å². The van der Waals surface area contributed by atoms with Crippen molar-refractivity contribution in [3.63, 3.8) is 0 Å². The lowest BCUT2D eigenvalue weighted by Gasteiger charge is -2.14. The van der Waals surface area contributed by atoms with Gasteiger partial charge in [-0.2, -0.15) is 0 Å². The number of rotatable bonds is 8. The summed E-state index contributed by atoms with van der Waals surface area (Å²) in [5.74, 6) is 0.979. The standard InChI is InChI=1S/C20H25FN2O2/c1-15(2)17-8-4-6-10-19(17)25-14-13-23-20(24)22-12-11-16-7-3-5-9-18(16)21/h3-10,15H,11-14H2,1-2H3,(H2,22,23,24). The minimum Gasteiger partial charge on any atom is -0.491 e. The Balaban J connectivity index is 1.65. The van der Waals surface area contributed by atoms with Crippen molar-refractivity contribution in [3.05, 3.63) is 65.5 Å². The predicted molar refractivity (Wildman–Crippen MR) is 97.5 cm³/mol. The zero-order chi connectivity index (χ0) is 18.1. The Hall–Kier alpha value is -2.56. The number of carbonyl (C=O) groups excluding carboxylic acids is 1. The maximum atomic E-state index is 13.5. The van der Waals surface area contributed by atoms with Crippen LogP contribution in [0.2, 0.25) is 0 Å². The second-order valence-electron chi connectivity index (χ2n) is 6.07. The number of carbonyl (C=O) groups is 1. The summed E-state index contributed by atoms with van der Waals surface area (Å²) in [5.41, 5.74) is 1.74. The van der Waals surface area contributed by atoms with E-state index in [0.717, 1.165) is 11.3 Å². The van der Waals surface area contributed by atoms with Gasteiger partial charge in [-0.3, -0.25) is 0 Å². The van der Waals surface area contributed by atoms with Gasteiger partial charge in [0.25, 0.3) is 0 Å². The van der Waals surface area contributed by atoms with Gasteiger partial charge < -0.3 is 15.4 Å². The molecule has 2 aromatic carbocycles. The highest BCUT2D eigenvalue weighted by molar-refractivity contribution is 5.73. The summed E-state index contributed by atoms with van der Waals surface area (Å²) >= 11 is 0. The van der Waals surface area contributed by atoms with Crippen LogP contribution in [0.4, 0.5) is 9.18 Å². The molecule has 0 aliphatic carbocycles. The number of ether oxygens (including phenoxy) is 1. The Morgan fingerprint density at radius 2 is 1.72 bits per heavy atom. The molecule has 0 bridgehead atoms. The zero-order valence-electron chi connectivity index (χ0n) is 14.7. The highest BCUT2D eigenvalue weighted by Gasteiger charge is 2.07. The fourth-order valence-electron chi connectivity index (χ4n) is 2.49. The van der Waals surface area contributed by atoms with Crippen LogP contribution >= 0.6 is 0 Å². The van der Waals surface area contributed by atoms with Gasteiger partial charge in [-0.25, -0.2) is 9.18 Å². The lowest BCUT2D eigenvalue weighted by molar-refractivity contribution is 0.236. The van der Waals surface area contributed by atoms with Crippen molar-refractivity contribution < 1.29 is 13.9 Å². The number of urea groups is 1. The summed E-state index contributed by atoms with van der Waals surface area (Å²) in [6.07, 6.45) is 0.457. The average molecular weight is 344 g/mol. The number of halogens is 1. The SMILES string of the molecule is CC(C)c1ccccc1OCCNC(=O)NCCc1ccccc1F. The fraction of sp³-hybridized carbons (Fsp3) is 0.350. The van der Waals surface area contributed by atoms with Crippen molar-refractivity contribution in [2.45, 2.75) is 26.2 Å². The molecule has 2 amide bonds. The molecule has 0 unspecified atom stereocenters. The quantitative estimate of drug-likeness (QED) is 0.714. The molecule has 0 saturated carbocycles. The zero-order valence-corrected chi connectivity index (χ0v) is 14.7. The first-order valence-electron chi connectivity index (χ1n) is 8.54. The molecule has 5 heteroatoms. The lowest BCUT2D eigenvalue weighted by Crippen LogP contribution is -2.38. The Bertz CT molecular complexity index is 689. The van der Waals surface area contributed by atoms with E-state index in [0.29, 0.717) is 37.6 Å². The molecule has 25 heavy (non-hydrogen) atoms. The van der Waals surface area contributed by atoms with Crippen LogP contribution in [0.5, 0.6) is 5.75 Å². The van der Waals surface area contributed by atoms with Gasteiger partial charge in [0.05, 0.1) is 6.54 Å². The lowest BCUT2D eigenvalue weighted by atomic mass is 10.0. The molecule has 4 nitrogen and oxygen atoms in total. The molecular formula is C20H25FN2O2. The highest BCUT2D eigenvalue weighted by Crippen LogP contribution is 2.25. The Morgan fingerprint density at radius 3 is 2.48 bits per heavy atom. The molecule has 0 radical (unpaired) electrons. The molecule has 2 aromatic rings. The van der Waals surface area contributed by atoms with Gasteiger partial charge in [0.1, 0.15) is 18.2 Å². The number of para-hydroxylation sites is 1. The second kappa shape index (κ2) is 9.67. The van der Waals surface area contributed by atoms with E-state index >= 15 is 0 Å². The third kappa shape index (κ3) is 6.10. The number of nitrogens with one attached hydrogen (secondary N) is 2. The molecule has 2 rings (SSSR count). The van der Waals surface area contributed by atoms with Crippen molar-refractivity contribution in [2.75, 3.05) is 19.7 Å². The molecule has 0 aromatic heterocycles. The van der Waals surface area contributed by atoms with E-state index in [1.54, 1.807) is 18.2 Å². The maximum absolute atomic E-state index is 13.5. The molecule has 134 valence electrons. The van der Waals surface area contributed by atoms with Crippen molar-refractivity contribution in [1.29, 1.82) is 0 Å². The minimum atomic E-state index is -0.280. The number of hydrogen-bond donors (Lipinski definition) is 2. The third-order valence-corrected chi connectivity index (χ3v) is 3.82. The van der Waals surface area contributed by atoms with Gasteiger partial charge in [-0.1, -0.05) is 50.2 Å². The second-order valence-corrected chi connectivity index (χ2v) is 6.07. The van der Waals surface area contributed by atoms with Crippen LogP contribution in [0.3, 0.4) is 0 Å². The largest absolute Gasteiger partial charge is 0.491 e. The number of hydrogen-bond acceptors (Lipinski definition) is 2. The monoisotopic (exact) mass is 344 g/mol. The number of benzene rings is 2. The molecule has 0 atom stereocenters. The Kier molecular flexibility index (Phi) is 7.26. The molecule has 0 spiro atoms. The van der Waals surface area contributed by atoms with Gasteiger partial charge in [0.15, 0.2) is 0 Å². The first kappa shape index (κ1) is 18.8. The third-order valence-electron chi connectivity index (χ3n) is 3.82. The predicted octanol–water partition coefficient (Wildman–Crippen LogP) is 3.87. The number of amides is 2. The van der Waals surface area contributed by atoms with E-state index in [2.05, 4.69) is 24.5 Å². The van der Waals surface area contributed by atoms with Crippen LogP contribution in [0, 0.1) is 5.82 Å². The van der Waals surface area contributed by atoms with Crippen LogP contribution in [0.15, 0.2) is 48.5 Å². The van der Waals surface area contributed by atoms with Crippen LogP contribution in [0.25, 0.3) is 0 Å². The fourth-order valence-corrected chi connectivity index (χ4v) is 2.49. The van der Waals surface area contributed by atoms with Crippen molar-refractivity contribution in [3.8, 4) is 5.75 Å². The first-order valence-corrected chi connectivity index (χ1v) is 8.54. The normalized spacial score (nSPS) is 10.6.